The van der Waals surface area contributed by atoms with Crippen LogP contribution in [0.5, 0.6) is 0 Å². The Labute approximate surface area is 78.5 Å². The molecule has 68 valence electrons. The number of Topliss-reactive ketones (excluding diaryl/α,β-unsaturated/α-hetero) is 1. The van der Waals surface area contributed by atoms with Gasteiger partial charge in [0, 0.05) is 11.3 Å². The van der Waals surface area contributed by atoms with Crippen LogP contribution in [0.15, 0.2) is 24.3 Å². The molecule has 1 fully saturated rings. The highest BCUT2D eigenvalue weighted by Crippen LogP contribution is 2.58. The number of ketones is 1. The highest BCUT2D eigenvalue weighted by Gasteiger charge is 2.60. The van der Waals surface area contributed by atoms with Gasteiger partial charge < -0.3 is 0 Å². The summed E-state index contributed by atoms with van der Waals surface area (Å²) < 4.78 is 0. The Morgan fingerprint density at radius 3 is 3.00 bits per heavy atom. The molecule has 0 bridgehead atoms. The van der Waals surface area contributed by atoms with Crippen molar-refractivity contribution in [3.8, 4) is 0 Å². The zero-order chi connectivity index (χ0) is 8.89. The van der Waals surface area contributed by atoms with Gasteiger partial charge in [-0.15, -0.1) is 0 Å². The third-order valence-corrected chi connectivity index (χ3v) is 4.08. The van der Waals surface area contributed by atoms with E-state index in [1.807, 2.05) is 0 Å². The Morgan fingerprint density at radius 2 is 2.23 bits per heavy atom. The van der Waals surface area contributed by atoms with Crippen LogP contribution in [-0.2, 0) is 4.79 Å². The van der Waals surface area contributed by atoms with E-state index in [0.29, 0.717) is 17.6 Å². The molecule has 3 rings (SSSR count). The summed E-state index contributed by atoms with van der Waals surface area (Å²) in [6.07, 6.45) is 13.1. The average Bonchev–Trinajstić information content (AvgIpc) is 2.64. The lowest BCUT2D eigenvalue weighted by atomic mass is 9.50. The summed E-state index contributed by atoms with van der Waals surface area (Å²) in [7, 11) is 0. The summed E-state index contributed by atoms with van der Waals surface area (Å²) in [5.74, 6) is 1.48. The molecular formula is C12H14O. The van der Waals surface area contributed by atoms with Crippen LogP contribution in [0.4, 0.5) is 0 Å². The van der Waals surface area contributed by atoms with Crippen molar-refractivity contribution in [1.29, 1.82) is 0 Å². The number of allylic oxidation sites excluding steroid dienone is 4. The second kappa shape index (κ2) is 2.34. The Balaban J connectivity index is 1.93. The van der Waals surface area contributed by atoms with E-state index in [2.05, 4.69) is 24.3 Å². The molecule has 3 aliphatic rings. The van der Waals surface area contributed by atoms with Crippen LogP contribution in [0.1, 0.15) is 25.7 Å². The number of hydrogen-bond donors (Lipinski definition) is 0. The van der Waals surface area contributed by atoms with Gasteiger partial charge >= 0.3 is 0 Å². The van der Waals surface area contributed by atoms with E-state index in [-0.39, 0.29) is 5.41 Å². The Kier molecular flexibility index (Phi) is 1.36. The average molecular weight is 174 g/mol. The Bertz CT molecular complexity index is 313. The quantitative estimate of drug-likeness (QED) is 0.516. The summed E-state index contributed by atoms with van der Waals surface area (Å²) in [5.41, 5.74) is 0.0723. The van der Waals surface area contributed by atoms with Crippen molar-refractivity contribution >= 4 is 5.78 Å². The molecule has 3 aliphatic carbocycles. The molecule has 3 atom stereocenters. The van der Waals surface area contributed by atoms with Crippen LogP contribution in [0.3, 0.4) is 0 Å². The van der Waals surface area contributed by atoms with E-state index < -0.39 is 0 Å². The van der Waals surface area contributed by atoms with Crippen molar-refractivity contribution in [2.24, 2.45) is 17.3 Å². The lowest BCUT2D eigenvalue weighted by molar-refractivity contribution is -0.153. The molecule has 1 saturated carbocycles. The third kappa shape index (κ3) is 0.756. The molecule has 0 aromatic rings. The molecule has 0 radical (unpaired) electrons. The van der Waals surface area contributed by atoms with Gasteiger partial charge in [0.15, 0.2) is 0 Å². The summed E-state index contributed by atoms with van der Waals surface area (Å²) in [4.78, 5) is 11.9. The molecule has 0 amide bonds. The maximum Gasteiger partial charge on any atom is 0.146 e. The minimum Gasteiger partial charge on any atom is -0.298 e. The van der Waals surface area contributed by atoms with E-state index in [0.717, 1.165) is 25.7 Å². The van der Waals surface area contributed by atoms with Gasteiger partial charge in [0.2, 0.25) is 0 Å². The second-order valence-electron chi connectivity index (χ2n) is 4.53. The van der Waals surface area contributed by atoms with Crippen LogP contribution in [0, 0.1) is 17.3 Å². The topological polar surface area (TPSA) is 17.1 Å². The van der Waals surface area contributed by atoms with Crippen molar-refractivity contribution in [1.82, 2.24) is 0 Å². The van der Waals surface area contributed by atoms with Gasteiger partial charge in [-0.2, -0.15) is 0 Å². The largest absolute Gasteiger partial charge is 0.298 e. The standard InChI is InChI=1S/C12H14O/c13-11-9-5-4-6-10(9)12(11)7-2-1-3-8-12/h1-2,4-5,9-10H,3,6-8H2. The Morgan fingerprint density at radius 1 is 1.31 bits per heavy atom. The summed E-state index contributed by atoms with van der Waals surface area (Å²) >= 11 is 0. The number of carbonyl (C=O) groups excluding carboxylic acids is 1. The minimum atomic E-state index is 0.0723. The van der Waals surface area contributed by atoms with E-state index in [1.54, 1.807) is 0 Å². The van der Waals surface area contributed by atoms with E-state index in [4.69, 9.17) is 0 Å². The lowest BCUT2D eigenvalue weighted by Crippen LogP contribution is -2.55. The van der Waals surface area contributed by atoms with E-state index >= 15 is 0 Å². The first kappa shape index (κ1) is 7.54. The van der Waals surface area contributed by atoms with Crippen LogP contribution in [-0.4, -0.2) is 5.78 Å². The maximum atomic E-state index is 11.9. The number of rotatable bonds is 0. The van der Waals surface area contributed by atoms with Crippen LogP contribution in [0.2, 0.25) is 0 Å². The molecule has 1 nitrogen and oxygen atoms in total. The predicted octanol–water partition coefficient (Wildman–Crippen LogP) is 2.49. The predicted molar refractivity (Wildman–Crippen MR) is 51.2 cm³/mol. The number of fused-ring (bicyclic) bond motifs is 2. The molecule has 0 aromatic carbocycles. The maximum absolute atomic E-state index is 11.9. The Hall–Kier alpha value is -0.850. The molecule has 13 heavy (non-hydrogen) atoms. The lowest BCUT2D eigenvalue weighted by Gasteiger charge is -2.51. The molecule has 0 aliphatic heterocycles. The van der Waals surface area contributed by atoms with Gasteiger partial charge in [-0.05, 0) is 31.6 Å². The normalized spacial score (nSPS) is 46.6. The van der Waals surface area contributed by atoms with Gasteiger partial charge in [0.1, 0.15) is 5.78 Å². The first-order chi connectivity index (χ1) is 6.34. The SMILES string of the molecule is O=C1C2C=CCC2C12CC=CCC2. The van der Waals surface area contributed by atoms with Crippen molar-refractivity contribution in [2.45, 2.75) is 25.7 Å². The molecule has 1 spiro atoms. The molecule has 1 heteroatoms. The molecule has 0 heterocycles. The minimum absolute atomic E-state index is 0.0723. The number of carbonyl (C=O) groups is 1. The highest BCUT2D eigenvalue weighted by molar-refractivity contribution is 5.96. The summed E-state index contributed by atoms with van der Waals surface area (Å²) in [5, 5.41) is 0. The fraction of sp³-hybridized carbons (Fsp3) is 0.583. The molecule has 3 unspecified atom stereocenters. The van der Waals surface area contributed by atoms with Crippen LogP contribution < -0.4 is 0 Å². The summed E-state index contributed by atoms with van der Waals surface area (Å²) in [6.45, 7) is 0. The monoisotopic (exact) mass is 174 g/mol. The molecule has 0 N–H and O–H groups in total. The first-order valence-corrected chi connectivity index (χ1v) is 5.20. The van der Waals surface area contributed by atoms with Gasteiger partial charge in [-0.1, -0.05) is 24.3 Å². The fourth-order valence-electron chi connectivity index (χ4n) is 3.33. The zero-order valence-electron chi connectivity index (χ0n) is 7.70. The van der Waals surface area contributed by atoms with Crippen molar-refractivity contribution < 1.29 is 4.79 Å². The van der Waals surface area contributed by atoms with E-state index in [1.165, 1.54) is 0 Å². The molecular weight excluding hydrogens is 160 g/mol. The second-order valence-corrected chi connectivity index (χ2v) is 4.53. The summed E-state index contributed by atoms with van der Waals surface area (Å²) in [6, 6.07) is 0. The van der Waals surface area contributed by atoms with Crippen molar-refractivity contribution in [2.75, 3.05) is 0 Å². The molecule has 0 aromatic heterocycles. The van der Waals surface area contributed by atoms with Gasteiger partial charge in [0.05, 0.1) is 0 Å². The van der Waals surface area contributed by atoms with Crippen molar-refractivity contribution in [3.63, 3.8) is 0 Å². The van der Waals surface area contributed by atoms with Crippen LogP contribution in [0.25, 0.3) is 0 Å². The fourth-order valence-corrected chi connectivity index (χ4v) is 3.33. The smallest absolute Gasteiger partial charge is 0.146 e. The van der Waals surface area contributed by atoms with Crippen LogP contribution >= 0.6 is 0 Å². The first-order valence-electron chi connectivity index (χ1n) is 5.20. The third-order valence-electron chi connectivity index (χ3n) is 4.08. The number of hydrogen-bond acceptors (Lipinski definition) is 1. The molecule has 0 saturated heterocycles. The van der Waals surface area contributed by atoms with E-state index in [9.17, 15) is 4.79 Å². The van der Waals surface area contributed by atoms with Crippen molar-refractivity contribution in [3.05, 3.63) is 24.3 Å². The van der Waals surface area contributed by atoms with Gasteiger partial charge in [-0.3, -0.25) is 4.79 Å². The van der Waals surface area contributed by atoms with Gasteiger partial charge in [-0.25, -0.2) is 0 Å². The zero-order valence-corrected chi connectivity index (χ0v) is 7.70. The van der Waals surface area contributed by atoms with Gasteiger partial charge in [0.25, 0.3) is 0 Å². The highest BCUT2D eigenvalue weighted by atomic mass is 16.1.